The van der Waals surface area contributed by atoms with E-state index in [0.717, 1.165) is 52.1 Å². The van der Waals surface area contributed by atoms with Gasteiger partial charge in [-0.2, -0.15) is 12.8 Å². The third kappa shape index (κ3) is 17.4. The van der Waals surface area contributed by atoms with Crippen LogP contribution in [0.25, 0.3) is 0 Å². The summed E-state index contributed by atoms with van der Waals surface area (Å²) in [5, 5.41) is 0. The van der Waals surface area contributed by atoms with Crippen molar-refractivity contribution >= 4 is 45.5 Å². The maximum absolute atomic E-state index is 3.78. The first kappa shape index (κ1) is 23.5. The molecular weight excluding hydrogens is 284 g/mol. The summed E-state index contributed by atoms with van der Waals surface area (Å²) < 4.78 is 0. The largest absolute Gasteiger partial charge is 2.00 e. The van der Waals surface area contributed by atoms with E-state index in [2.05, 4.69) is 51.3 Å². The monoisotopic (exact) mass is 316 g/mol. The standard InChI is InChI=1S/2C7H16N.Sr/c2*1-4-7-8(5-2)6-3;/h2*1,4-7H2,2-3H3;/q2*-1;+2. The van der Waals surface area contributed by atoms with E-state index in [-0.39, 0.29) is 45.5 Å². The second kappa shape index (κ2) is 19.7. The van der Waals surface area contributed by atoms with Crippen LogP contribution in [0, 0.1) is 13.8 Å². The van der Waals surface area contributed by atoms with Gasteiger partial charge < -0.3 is 23.6 Å². The number of rotatable bonds is 8. The average Bonchev–Trinajstić information content (AvgIpc) is 2.33. The normalized spacial score (nSPS) is 9.88. The van der Waals surface area contributed by atoms with Crippen LogP contribution in [-0.4, -0.2) is 94.6 Å². The first-order valence-electron chi connectivity index (χ1n) is 6.73. The molecule has 0 atom stereocenters. The predicted octanol–water partition coefficient (Wildman–Crippen LogP) is 2.72. The van der Waals surface area contributed by atoms with E-state index in [4.69, 9.17) is 0 Å². The van der Waals surface area contributed by atoms with Crippen LogP contribution < -0.4 is 0 Å². The molecule has 0 unspecified atom stereocenters. The number of nitrogens with zero attached hydrogens (tertiary/aromatic N) is 2. The number of hydrogen-bond donors (Lipinski definition) is 0. The molecule has 0 saturated carbocycles. The van der Waals surface area contributed by atoms with Crippen molar-refractivity contribution in [1.29, 1.82) is 0 Å². The fourth-order valence-electron chi connectivity index (χ4n) is 1.53. The molecule has 0 bridgehead atoms. The molecule has 0 aromatic rings. The van der Waals surface area contributed by atoms with Gasteiger partial charge in [-0.05, 0) is 39.3 Å². The minimum Gasteiger partial charge on any atom is -0.342 e. The van der Waals surface area contributed by atoms with Crippen LogP contribution in [0.5, 0.6) is 0 Å². The van der Waals surface area contributed by atoms with Crippen LogP contribution in [-0.2, 0) is 0 Å². The second-order valence-electron chi connectivity index (χ2n) is 3.76. The van der Waals surface area contributed by atoms with Crippen molar-refractivity contribution in [3.8, 4) is 0 Å². The third-order valence-electron chi connectivity index (χ3n) is 2.74. The summed E-state index contributed by atoms with van der Waals surface area (Å²) in [6.07, 6.45) is 2.06. The first-order chi connectivity index (χ1) is 7.69. The molecule has 0 fully saturated rings. The minimum atomic E-state index is 0. The van der Waals surface area contributed by atoms with Crippen molar-refractivity contribution in [2.24, 2.45) is 0 Å². The summed E-state index contributed by atoms with van der Waals surface area (Å²) in [4.78, 5) is 4.74. The molecule has 0 saturated heterocycles. The third-order valence-corrected chi connectivity index (χ3v) is 2.74. The summed E-state index contributed by atoms with van der Waals surface area (Å²) in [5.74, 6) is 0. The Morgan fingerprint density at radius 2 is 0.882 bits per heavy atom. The average molecular weight is 316 g/mol. The SMILES string of the molecule is [CH2-]CCN(CC)CC.[CH2-]CCN(CC)CC.[Sr+2]. The van der Waals surface area contributed by atoms with E-state index in [0.29, 0.717) is 0 Å². The van der Waals surface area contributed by atoms with Gasteiger partial charge in [0.05, 0.1) is 0 Å². The first-order valence-corrected chi connectivity index (χ1v) is 6.73. The zero-order valence-electron chi connectivity index (χ0n) is 12.7. The molecule has 3 heteroatoms. The second-order valence-corrected chi connectivity index (χ2v) is 3.76. The molecule has 0 radical (unpaired) electrons. The van der Waals surface area contributed by atoms with Crippen LogP contribution >= 0.6 is 0 Å². The Labute approximate surface area is 147 Å². The van der Waals surface area contributed by atoms with E-state index in [9.17, 15) is 0 Å². The van der Waals surface area contributed by atoms with Crippen molar-refractivity contribution in [3.05, 3.63) is 13.8 Å². The van der Waals surface area contributed by atoms with Crippen LogP contribution in [0.2, 0.25) is 0 Å². The molecule has 0 aromatic carbocycles. The summed E-state index contributed by atoms with van der Waals surface area (Å²) in [6.45, 7) is 23.2. The molecule has 0 amide bonds. The summed E-state index contributed by atoms with van der Waals surface area (Å²) in [7, 11) is 0. The summed E-state index contributed by atoms with van der Waals surface area (Å²) in [5.41, 5.74) is 0. The molecule has 100 valence electrons. The van der Waals surface area contributed by atoms with Gasteiger partial charge in [0, 0.05) is 0 Å². The van der Waals surface area contributed by atoms with Crippen molar-refractivity contribution < 1.29 is 0 Å². The fourth-order valence-corrected chi connectivity index (χ4v) is 1.53. The Balaban J connectivity index is -0.000000218. The molecule has 0 spiro atoms. The van der Waals surface area contributed by atoms with Crippen molar-refractivity contribution in [2.45, 2.75) is 40.5 Å². The predicted molar refractivity (Wildman–Crippen MR) is 81.3 cm³/mol. The van der Waals surface area contributed by atoms with Crippen LogP contribution in [0.4, 0.5) is 0 Å². The molecule has 0 heterocycles. The van der Waals surface area contributed by atoms with Gasteiger partial charge in [-0.1, -0.05) is 27.7 Å². The molecule has 0 N–H and O–H groups in total. The molecule has 0 aliphatic carbocycles. The Kier molecular flexibility index (Phi) is 27.3. The van der Waals surface area contributed by atoms with E-state index in [1.165, 1.54) is 0 Å². The molecule has 2 nitrogen and oxygen atoms in total. The van der Waals surface area contributed by atoms with Gasteiger partial charge >= 0.3 is 45.5 Å². The van der Waals surface area contributed by atoms with E-state index < -0.39 is 0 Å². The van der Waals surface area contributed by atoms with E-state index in [1.807, 2.05) is 0 Å². The Morgan fingerprint density at radius 1 is 0.647 bits per heavy atom. The van der Waals surface area contributed by atoms with Gasteiger partial charge in [0.15, 0.2) is 0 Å². The van der Waals surface area contributed by atoms with Gasteiger partial charge in [0.1, 0.15) is 0 Å². The van der Waals surface area contributed by atoms with Crippen LogP contribution in [0.3, 0.4) is 0 Å². The molecule has 0 rings (SSSR count). The van der Waals surface area contributed by atoms with Crippen molar-refractivity contribution in [1.82, 2.24) is 9.80 Å². The van der Waals surface area contributed by atoms with Crippen LogP contribution in [0.15, 0.2) is 0 Å². The maximum Gasteiger partial charge on any atom is 2.00 e. The molecular formula is C14H32N2Sr. The maximum atomic E-state index is 3.78. The quantitative estimate of drug-likeness (QED) is 0.502. The fraction of sp³-hybridized carbons (Fsp3) is 0.857. The Morgan fingerprint density at radius 3 is 0.941 bits per heavy atom. The number of hydrogen-bond acceptors (Lipinski definition) is 2. The van der Waals surface area contributed by atoms with Gasteiger partial charge in [-0.3, -0.25) is 0 Å². The topological polar surface area (TPSA) is 6.48 Å². The van der Waals surface area contributed by atoms with Gasteiger partial charge in [-0.25, -0.2) is 0 Å². The Hall–Kier alpha value is 1.40. The zero-order chi connectivity index (χ0) is 12.8. The molecule has 17 heavy (non-hydrogen) atoms. The molecule has 0 aliphatic rings. The van der Waals surface area contributed by atoms with E-state index >= 15 is 0 Å². The zero-order valence-corrected chi connectivity index (χ0v) is 16.1. The van der Waals surface area contributed by atoms with Crippen molar-refractivity contribution in [2.75, 3.05) is 39.3 Å². The van der Waals surface area contributed by atoms with E-state index in [1.54, 1.807) is 0 Å². The van der Waals surface area contributed by atoms with Crippen LogP contribution in [0.1, 0.15) is 40.5 Å². The smallest absolute Gasteiger partial charge is 0.342 e. The Bertz CT molecular complexity index is 98.8. The van der Waals surface area contributed by atoms with Gasteiger partial charge in [-0.15, -0.1) is 0 Å². The summed E-state index contributed by atoms with van der Waals surface area (Å²) >= 11 is 0. The van der Waals surface area contributed by atoms with Crippen molar-refractivity contribution in [3.63, 3.8) is 0 Å². The minimum absolute atomic E-state index is 0. The molecule has 0 aliphatic heterocycles. The van der Waals surface area contributed by atoms with Gasteiger partial charge in [0.25, 0.3) is 0 Å². The summed E-state index contributed by atoms with van der Waals surface area (Å²) in [6, 6.07) is 0. The van der Waals surface area contributed by atoms with Gasteiger partial charge in [0.2, 0.25) is 0 Å². The molecule has 0 aromatic heterocycles.